The highest BCUT2D eigenvalue weighted by atomic mass is 19.2. The van der Waals surface area contributed by atoms with Crippen LogP contribution in [-0.4, -0.2) is 6.61 Å². The zero-order valence-electron chi connectivity index (χ0n) is 19.2. The van der Waals surface area contributed by atoms with Gasteiger partial charge in [0.1, 0.15) is 0 Å². The van der Waals surface area contributed by atoms with Gasteiger partial charge in [0.05, 0.1) is 6.61 Å². The van der Waals surface area contributed by atoms with Crippen LogP contribution >= 0.6 is 0 Å². The van der Waals surface area contributed by atoms with Crippen molar-refractivity contribution in [2.45, 2.75) is 64.2 Å². The number of halogens is 4. The van der Waals surface area contributed by atoms with Crippen LogP contribution in [0.2, 0.25) is 0 Å². The molecule has 1 aliphatic carbocycles. The fraction of sp³-hybridized carbons (Fsp3) is 0.429. The molecule has 0 aromatic heterocycles. The van der Waals surface area contributed by atoms with Gasteiger partial charge in [-0.2, -0.15) is 4.39 Å². The van der Waals surface area contributed by atoms with Gasteiger partial charge in [-0.25, -0.2) is 13.2 Å². The van der Waals surface area contributed by atoms with Crippen LogP contribution in [0.5, 0.6) is 5.75 Å². The first-order valence-corrected chi connectivity index (χ1v) is 11.8. The highest BCUT2D eigenvalue weighted by molar-refractivity contribution is 5.32. The lowest BCUT2D eigenvalue weighted by Crippen LogP contribution is -2.14. The molecule has 0 bridgehead atoms. The minimum atomic E-state index is -0.936. The molecule has 0 heterocycles. The Balaban J connectivity index is 1.50. The summed E-state index contributed by atoms with van der Waals surface area (Å²) in [6, 6.07) is 6.48. The van der Waals surface area contributed by atoms with Crippen LogP contribution < -0.4 is 4.74 Å². The van der Waals surface area contributed by atoms with Crippen molar-refractivity contribution in [1.82, 2.24) is 0 Å². The van der Waals surface area contributed by atoms with Crippen LogP contribution in [0.1, 0.15) is 68.1 Å². The summed E-state index contributed by atoms with van der Waals surface area (Å²) in [6.07, 6.45) is 11.3. The van der Waals surface area contributed by atoms with Gasteiger partial charge in [0.15, 0.2) is 23.2 Å². The average Bonchev–Trinajstić information content (AvgIpc) is 2.82. The van der Waals surface area contributed by atoms with Crippen LogP contribution in [0, 0.1) is 29.2 Å². The van der Waals surface area contributed by atoms with Gasteiger partial charge in [-0.1, -0.05) is 36.4 Å². The van der Waals surface area contributed by atoms with Gasteiger partial charge >= 0.3 is 0 Å². The molecule has 0 saturated heterocycles. The molecule has 33 heavy (non-hydrogen) atoms. The number of hydrogen-bond donors (Lipinski definition) is 0. The minimum absolute atomic E-state index is 0.0264. The summed E-state index contributed by atoms with van der Waals surface area (Å²) in [6.45, 7) is 5.63. The van der Waals surface area contributed by atoms with Gasteiger partial charge in [0.25, 0.3) is 0 Å². The molecule has 5 heteroatoms. The van der Waals surface area contributed by atoms with E-state index in [9.17, 15) is 17.6 Å². The smallest absolute Gasteiger partial charge is 0.200 e. The van der Waals surface area contributed by atoms with E-state index in [0.717, 1.165) is 25.7 Å². The Labute approximate surface area is 194 Å². The number of rotatable bonds is 10. The van der Waals surface area contributed by atoms with Crippen LogP contribution in [0.4, 0.5) is 17.6 Å². The lowest BCUT2D eigenvalue weighted by Gasteiger charge is -2.27. The average molecular weight is 461 g/mol. The Morgan fingerprint density at radius 1 is 0.848 bits per heavy atom. The van der Waals surface area contributed by atoms with Gasteiger partial charge < -0.3 is 4.74 Å². The largest absolute Gasteiger partial charge is 0.491 e. The molecule has 3 rings (SSSR count). The molecule has 0 amide bonds. The second-order valence-electron chi connectivity index (χ2n) is 8.63. The molecule has 0 aliphatic heterocycles. The van der Waals surface area contributed by atoms with Gasteiger partial charge in [-0.05, 0) is 92.9 Å². The van der Waals surface area contributed by atoms with Gasteiger partial charge in [-0.3, -0.25) is 0 Å². The first-order chi connectivity index (χ1) is 16.0. The minimum Gasteiger partial charge on any atom is -0.491 e. The molecule has 1 fully saturated rings. The molecule has 1 nitrogen and oxygen atoms in total. The van der Waals surface area contributed by atoms with Crippen LogP contribution in [-0.2, 0) is 12.8 Å². The Kier molecular flexibility index (Phi) is 9.16. The molecule has 2 aromatic carbocycles. The van der Waals surface area contributed by atoms with E-state index in [1.54, 1.807) is 31.2 Å². The number of hydrogen-bond acceptors (Lipinski definition) is 1. The van der Waals surface area contributed by atoms with E-state index in [2.05, 4.69) is 12.7 Å². The molecule has 1 aliphatic rings. The zero-order valence-corrected chi connectivity index (χ0v) is 19.2. The zero-order chi connectivity index (χ0) is 23.8. The van der Waals surface area contributed by atoms with E-state index < -0.39 is 23.3 Å². The van der Waals surface area contributed by atoms with Crippen molar-refractivity contribution in [2.75, 3.05) is 6.61 Å². The molecule has 1 saturated carbocycles. The fourth-order valence-corrected chi connectivity index (χ4v) is 4.55. The summed E-state index contributed by atoms with van der Waals surface area (Å²) in [5.41, 5.74) is 1.21. The quantitative estimate of drug-likeness (QED) is 0.256. The molecular weight excluding hydrogens is 428 g/mol. The third-order valence-electron chi connectivity index (χ3n) is 6.44. The molecular formula is C28H32F4O. The van der Waals surface area contributed by atoms with Gasteiger partial charge in [0.2, 0.25) is 5.82 Å². The lowest BCUT2D eigenvalue weighted by atomic mass is 9.78. The van der Waals surface area contributed by atoms with E-state index >= 15 is 0 Å². The van der Waals surface area contributed by atoms with E-state index in [4.69, 9.17) is 4.74 Å². The third kappa shape index (κ3) is 6.27. The fourth-order valence-electron chi connectivity index (χ4n) is 4.55. The summed E-state index contributed by atoms with van der Waals surface area (Å²) >= 11 is 0. The monoisotopic (exact) mass is 460 g/mol. The highest BCUT2D eigenvalue weighted by Crippen LogP contribution is 2.38. The van der Waals surface area contributed by atoms with Crippen molar-refractivity contribution < 1.29 is 22.3 Å². The Morgan fingerprint density at radius 3 is 2.15 bits per heavy atom. The van der Waals surface area contributed by atoms with Crippen molar-refractivity contribution >= 4 is 0 Å². The molecule has 0 spiro atoms. The predicted octanol–water partition coefficient (Wildman–Crippen LogP) is 8.22. The normalized spacial score (nSPS) is 18.6. The van der Waals surface area contributed by atoms with Crippen molar-refractivity contribution in [3.05, 3.63) is 89.0 Å². The topological polar surface area (TPSA) is 9.23 Å². The number of allylic oxidation sites excluding steroid dienone is 3. The van der Waals surface area contributed by atoms with E-state index in [0.29, 0.717) is 48.3 Å². The molecule has 0 unspecified atom stereocenters. The first kappa shape index (κ1) is 25.1. The van der Waals surface area contributed by atoms with E-state index in [1.165, 1.54) is 6.07 Å². The van der Waals surface area contributed by atoms with Gasteiger partial charge in [-0.15, -0.1) is 6.58 Å². The van der Waals surface area contributed by atoms with Crippen molar-refractivity contribution in [2.24, 2.45) is 5.92 Å². The molecule has 178 valence electrons. The third-order valence-corrected chi connectivity index (χ3v) is 6.44. The van der Waals surface area contributed by atoms with E-state index in [1.807, 2.05) is 6.08 Å². The molecule has 0 radical (unpaired) electrons. The maximum Gasteiger partial charge on any atom is 0.200 e. The van der Waals surface area contributed by atoms with Crippen molar-refractivity contribution in [3.8, 4) is 5.75 Å². The van der Waals surface area contributed by atoms with Crippen LogP contribution in [0.3, 0.4) is 0 Å². The second kappa shape index (κ2) is 12.1. The molecule has 2 aromatic rings. The maximum atomic E-state index is 14.6. The van der Waals surface area contributed by atoms with Crippen molar-refractivity contribution in [1.29, 1.82) is 0 Å². The Morgan fingerprint density at radius 2 is 1.48 bits per heavy atom. The predicted molar refractivity (Wildman–Crippen MR) is 125 cm³/mol. The Bertz CT molecular complexity index is 974. The van der Waals surface area contributed by atoms with Crippen LogP contribution in [0.25, 0.3) is 0 Å². The summed E-state index contributed by atoms with van der Waals surface area (Å²) in [7, 11) is 0. The Hall–Kier alpha value is -2.56. The highest BCUT2D eigenvalue weighted by Gasteiger charge is 2.25. The number of benzene rings is 2. The molecule has 0 N–H and O–H groups in total. The number of ether oxygens (including phenoxy) is 1. The van der Waals surface area contributed by atoms with Gasteiger partial charge in [0, 0.05) is 0 Å². The lowest BCUT2D eigenvalue weighted by molar-refractivity contribution is 0.313. The first-order valence-electron chi connectivity index (χ1n) is 11.8. The standard InChI is InChI=1S/C28H32F4O/c1-3-5-9-21-15-17-23(27(31)25(21)29)20-13-11-19(12-14-20)8-6-7-10-22-16-18-24(33-4-2)28(32)26(22)30/h3,6,8,15-20H,1,4-5,7,9-14H2,2H3/b8-6+. The van der Waals surface area contributed by atoms with Crippen molar-refractivity contribution in [3.63, 3.8) is 0 Å². The van der Waals surface area contributed by atoms with E-state index in [-0.39, 0.29) is 18.3 Å². The summed E-state index contributed by atoms with van der Waals surface area (Å²) in [5, 5.41) is 0. The second-order valence-corrected chi connectivity index (χ2v) is 8.63. The molecule has 0 atom stereocenters. The number of aryl methyl sites for hydroxylation is 2. The SMILES string of the molecule is C=CCCc1ccc(C2CCC(/C=C/CCc3ccc(OCC)c(F)c3F)CC2)c(F)c1F. The summed E-state index contributed by atoms with van der Waals surface area (Å²) in [5.74, 6) is -2.89. The summed E-state index contributed by atoms with van der Waals surface area (Å²) in [4.78, 5) is 0. The summed E-state index contributed by atoms with van der Waals surface area (Å²) < 4.78 is 62.3. The van der Waals surface area contributed by atoms with Crippen LogP contribution in [0.15, 0.2) is 49.1 Å². The maximum absolute atomic E-state index is 14.6.